The molecule has 0 bridgehead atoms. The summed E-state index contributed by atoms with van der Waals surface area (Å²) >= 11 is 0. The number of hydrogen-bond donors (Lipinski definition) is 3. The predicted octanol–water partition coefficient (Wildman–Crippen LogP) is 6.14. The van der Waals surface area contributed by atoms with E-state index in [4.69, 9.17) is 14.2 Å². The average Bonchev–Trinajstić information content (AvgIpc) is 3.17. The van der Waals surface area contributed by atoms with E-state index in [1.54, 1.807) is 28.1 Å². The van der Waals surface area contributed by atoms with Gasteiger partial charge in [-0.25, -0.2) is 9.59 Å². The van der Waals surface area contributed by atoms with E-state index < -0.39 is 23.5 Å². The lowest BCUT2D eigenvalue weighted by atomic mass is 9.87. The average molecular weight is 711 g/mol. The van der Waals surface area contributed by atoms with Gasteiger partial charge in [-0.3, -0.25) is 9.59 Å². The van der Waals surface area contributed by atoms with Gasteiger partial charge in [0, 0.05) is 25.7 Å². The van der Waals surface area contributed by atoms with Crippen molar-refractivity contribution in [1.82, 2.24) is 10.6 Å². The Morgan fingerprint density at radius 3 is 1.58 bits per heavy atom. The molecule has 2 atom stereocenters. The fourth-order valence-electron chi connectivity index (χ4n) is 5.46. The molecule has 0 fully saturated rings. The van der Waals surface area contributed by atoms with E-state index in [1.807, 2.05) is 109 Å². The second kappa shape index (κ2) is 21.5. The fourth-order valence-corrected chi connectivity index (χ4v) is 5.46. The molecule has 0 saturated carbocycles. The monoisotopic (exact) mass is 710 g/mol. The number of methoxy groups -OCH3 is 2. The molecule has 0 saturated heterocycles. The summed E-state index contributed by atoms with van der Waals surface area (Å²) < 4.78 is 15.3. The van der Waals surface area contributed by atoms with Crippen LogP contribution in [0, 0.1) is 0 Å². The van der Waals surface area contributed by atoms with E-state index in [-0.39, 0.29) is 31.3 Å². The first-order valence-corrected chi connectivity index (χ1v) is 17.4. The quantitative estimate of drug-likeness (QED) is 0.105. The lowest BCUT2D eigenvalue weighted by Gasteiger charge is -2.29. The van der Waals surface area contributed by atoms with Gasteiger partial charge in [0.25, 0.3) is 0 Å². The number of carboxylic acid groups (broad SMARTS) is 1. The highest BCUT2D eigenvalue weighted by Crippen LogP contribution is 2.20. The van der Waals surface area contributed by atoms with Crippen LogP contribution in [0.25, 0.3) is 0 Å². The SMILES string of the molecule is CCC(Cc1ccccc1)(NC(=O)CCc1ccc(OC)cc1)C(=O)O.CCOC(=O)C(Cc1ccccc1)NC(=O)CCc1ccc(OC)cc1. The number of nitrogens with one attached hydrogen (secondary N) is 2. The molecule has 0 spiro atoms. The van der Waals surface area contributed by atoms with Crippen LogP contribution >= 0.6 is 0 Å². The Labute approximate surface area is 306 Å². The molecule has 0 radical (unpaired) electrons. The summed E-state index contributed by atoms with van der Waals surface area (Å²) in [5.41, 5.74) is 2.60. The van der Waals surface area contributed by atoms with E-state index in [0.717, 1.165) is 33.8 Å². The van der Waals surface area contributed by atoms with Crippen LogP contribution in [-0.4, -0.2) is 61.3 Å². The number of hydrogen-bond acceptors (Lipinski definition) is 7. The van der Waals surface area contributed by atoms with Crippen molar-refractivity contribution < 1.29 is 38.5 Å². The minimum atomic E-state index is -1.29. The fraction of sp³-hybridized carbons (Fsp3) is 0.333. The zero-order valence-corrected chi connectivity index (χ0v) is 30.4. The van der Waals surface area contributed by atoms with Gasteiger partial charge in [-0.1, -0.05) is 91.9 Å². The highest BCUT2D eigenvalue weighted by molar-refractivity contribution is 5.87. The van der Waals surface area contributed by atoms with Crippen molar-refractivity contribution in [2.75, 3.05) is 20.8 Å². The first-order valence-electron chi connectivity index (χ1n) is 17.4. The number of esters is 1. The topological polar surface area (TPSA) is 140 Å². The summed E-state index contributed by atoms with van der Waals surface area (Å²) in [4.78, 5) is 48.8. The Bertz CT molecular complexity index is 1680. The number of aliphatic carboxylic acids is 1. The normalized spacial score (nSPS) is 12.2. The van der Waals surface area contributed by atoms with E-state index in [2.05, 4.69) is 10.6 Å². The lowest BCUT2D eigenvalue weighted by Crippen LogP contribution is -2.55. The van der Waals surface area contributed by atoms with Crippen LogP contribution in [0.3, 0.4) is 0 Å². The van der Waals surface area contributed by atoms with Crippen LogP contribution in [-0.2, 0) is 49.6 Å². The van der Waals surface area contributed by atoms with Crippen LogP contribution in [0.5, 0.6) is 11.5 Å². The Morgan fingerprint density at radius 1 is 0.654 bits per heavy atom. The van der Waals surface area contributed by atoms with E-state index in [9.17, 15) is 24.3 Å². The Kier molecular flexibility index (Phi) is 16.9. The third-order valence-electron chi connectivity index (χ3n) is 8.53. The van der Waals surface area contributed by atoms with Crippen molar-refractivity contribution in [1.29, 1.82) is 0 Å². The molecule has 10 heteroatoms. The van der Waals surface area contributed by atoms with Gasteiger partial charge in [-0.2, -0.15) is 0 Å². The molecule has 276 valence electrons. The van der Waals surface area contributed by atoms with Crippen LogP contribution in [0.2, 0.25) is 0 Å². The van der Waals surface area contributed by atoms with Crippen LogP contribution < -0.4 is 20.1 Å². The van der Waals surface area contributed by atoms with Gasteiger partial charge in [-0.15, -0.1) is 0 Å². The van der Waals surface area contributed by atoms with Gasteiger partial charge >= 0.3 is 11.9 Å². The molecular formula is C42H50N2O8. The number of rotatable bonds is 18. The molecule has 2 amide bonds. The minimum Gasteiger partial charge on any atom is -0.497 e. The number of aryl methyl sites for hydroxylation is 2. The first kappa shape index (κ1) is 40.8. The summed E-state index contributed by atoms with van der Waals surface area (Å²) in [6, 6.07) is 33.3. The van der Waals surface area contributed by atoms with E-state index >= 15 is 0 Å². The van der Waals surface area contributed by atoms with E-state index in [1.165, 1.54) is 0 Å². The maximum Gasteiger partial charge on any atom is 0.329 e. The number of amides is 2. The summed E-state index contributed by atoms with van der Waals surface area (Å²) in [7, 11) is 3.22. The van der Waals surface area contributed by atoms with Gasteiger partial charge in [0.05, 0.1) is 20.8 Å². The van der Waals surface area contributed by atoms with Crippen LogP contribution in [0.1, 0.15) is 55.4 Å². The number of carboxylic acids is 1. The maximum absolute atomic E-state index is 12.4. The Morgan fingerprint density at radius 2 is 1.13 bits per heavy atom. The molecule has 4 aromatic carbocycles. The number of carbonyl (C=O) groups excluding carboxylic acids is 3. The summed E-state index contributed by atoms with van der Waals surface area (Å²) in [5.74, 6) is -0.313. The third-order valence-corrected chi connectivity index (χ3v) is 8.53. The standard InChI is InChI=1S/2C21H25NO4/c1-3-26-21(24)19(15-17-7-5-4-6-8-17)22-20(23)14-11-16-9-12-18(25-2)13-10-16;1-3-21(20(24)25,15-17-7-5-4-6-8-17)22-19(23)14-11-16-9-12-18(26-2)13-10-16/h4-10,12-13,19H,3,11,14-15H2,1-2H3,(H,22,23);4-10,12-13H,3,11,14-15H2,1-2H3,(H,22,23)(H,24,25). The molecule has 4 aromatic rings. The smallest absolute Gasteiger partial charge is 0.329 e. The van der Waals surface area contributed by atoms with Crippen molar-refractivity contribution in [3.8, 4) is 11.5 Å². The van der Waals surface area contributed by atoms with Crippen LogP contribution in [0.15, 0.2) is 109 Å². The van der Waals surface area contributed by atoms with Crippen molar-refractivity contribution in [3.63, 3.8) is 0 Å². The third kappa shape index (κ3) is 13.6. The number of ether oxygens (including phenoxy) is 3. The van der Waals surface area contributed by atoms with Crippen molar-refractivity contribution in [2.24, 2.45) is 0 Å². The van der Waals surface area contributed by atoms with Gasteiger partial charge in [-0.05, 0) is 72.7 Å². The summed E-state index contributed by atoms with van der Waals surface area (Å²) in [5, 5.41) is 15.3. The Hall–Kier alpha value is -5.64. The largest absolute Gasteiger partial charge is 0.497 e. The molecule has 0 aliphatic heterocycles. The van der Waals surface area contributed by atoms with Crippen molar-refractivity contribution >= 4 is 23.8 Å². The van der Waals surface area contributed by atoms with Gasteiger partial charge in [0.1, 0.15) is 23.1 Å². The van der Waals surface area contributed by atoms with Crippen molar-refractivity contribution in [3.05, 3.63) is 131 Å². The molecule has 0 aliphatic rings. The molecular weight excluding hydrogens is 660 g/mol. The molecule has 0 heterocycles. The molecule has 3 N–H and O–H groups in total. The molecule has 4 rings (SSSR count). The predicted molar refractivity (Wildman–Crippen MR) is 200 cm³/mol. The second-order valence-corrected chi connectivity index (χ2v) is 12.2. The number of benzene rings is 4. The molecule has 52 heavy (non-hydrogen) atoms. The molecule has 0 aliphatic carbocycles. The zero-order chi connectivity index (χ0) is 37.8. The Balaban J connectivity index is 0.000000280. The van der Waals surface area contributed by atoms with Crippen LogP contribution in [0.4, 0.5) is 0 Å². The minimum absolute atomic E-state index is 0.171. The van der Waals surface area contributed by atoms with Gasteiger partial charge < -0.3 is 30.0 Å². The highest BCUT2D eigenvalue weighted by Gasteiger charge is 2.38. The van der Waals surface area contributed by atoms with Gasteiger partial charge in [0.2, 0.25) is 11.8 Å². The molecule has 0 aromatic heterocycles. The first-order chi connectivity index (χ1) is 25.1. The summed E-state index contributed by atoms with van der Waals surface area (Å²) in [6.45, 7) is 3.82. The molecule has 10 nitrogen and oxygen atoms in total. The zero-order valence-electron chi connectivity index (χ0n) is 30.4. The van der Waals surface area contributed by atoms with Gasteiger partial charge in [0.15, 0.2) is 0 Å². The lowest BCUT2D eigenvalue weighted by molar-refractivity contribution is -0.148. The second-order valence-electron chi connectivity index (χ2n) is 12.2. The van der Waals surface area contributed by atoms with E-state index in [0.29, 0.717) is 32.1 Å². The highest BCUT2D eigenvalue weighted by atomic mass is 16.5. The number of carbonyl (C=O) groups is 4. The molecule has 2 unspecified atom stereocenters. The maximum atomic E-state index is 12.4. The summed E-state index contributed by atoms with van der Waals surface area (Å²) in [6.07, 6.45) is 2.65. The van der Waals surface area contributed by atoms with Crippen molar-refractivity contribution in [2.45, 2.75) is 70.4 Å².